The highest BCUT2D eigenvalue weighted by molar-refractivity contribution is 5.82. The number of amides is 1. The Morgan fingerprint density at radius 2 is 1.38 bits per heavy atom. The molecule has 0 saturated carbocycles. The predicted octanol–water partition coefficient (Wildman–Crippen LogP) is 2.14. The highest BCUT2D eigenvalue weighted by atomic mass is 16.6. The van der Waals surface area contributed by atoms with Crippen LogP contribution in [0, 0.1) is 5.92 Å². The lowest BCUT2D eigenvalue weighted by Gasteiger charge is -2.27. The largest absolute Gasteiger partial charge is 0.481 e. The van der Waals surface area contributed by atoms with E-state index >= 15 is 0 Å². The first kappa shape index (κ1) is 28.8. The van der Waals surface area contributed by atoms with Gasteiger partial charge in [-0.05, 0) is 53.9 Å². The van der Waals surface area contributed by atoms with Crippen LogP contribution in [0.2, 0.25) is 0 Å². The molecular weight excluding hydrogens is 384 g/mol. The molecule has 0 rings (SSSR count). The van der Waals surface area contributed by atoms with Gasteiger partial charge >= 0.3 is 24.0 Å². The number of carbonyl (C=O) groups is 4. The van der Waals surface area contributed by atoms with Crippen LogP contribution in [0.25, 0.3) is 0 Å². The summed E-state index contributed by atoms with van der Waals surface area (Å²) in [7, 11) is 0. The van der Waals surface area contributed by atoms with Crippen molar-refractivity contribution in [3.63, 3.8) is 0 Å². The summed E-state index contributed by atoms with van der Waals surface area (Å²) in [5.41, 5.74) is 3.82. The Morgan fingerprint density at radius 1 is 0.931 bits per heavy atom. The van der Waals surface area contributed by atoms with E-state index < -0.39 is 47.3 Å². The van der Waals surface area contributed by atoms with Gasteiger partial charge in [-0.2, -0.15) is 0 Å². The van der Waals surface area contributed by atoms with Gasteiger partial charge in [0, 0.05) is 6.42 Å². The van der Waals surface area contributed by atoms with Crippen LogP contribution in [0.4, 0.5) is 4.79 Å². The zero-order chi connectivity index (χ0) is 23.6. The normalized spacial score (nSPS) is 13.4. The van der Waals surface area contributed by atoms with Crippen molar-refractivity contribution in [3.8, 4) is 0 Å². The summed E-state index contributed by atoms with van der Waals surface area (Å²) in [6, 6.07) is -1.77. The van der Waals surface area contributed by atoms with Gasteiger partial charge in [-0.3, -0.25) is 9.59 Å². The second kappa shape index (κ2) is 12.3. The highest BCUT2D eigenvalue weighted by Gasteiger charge is 2.30. The topological polar surface area (TPSA) is 165 Å². The molecular formula is C19H36N2O8. The number of carboxylic acids is 2. The number of alkyl carbamates (subject to hydrolysis) is 1. The summed E-state index contributed by atoms with van der Waals surface area (Å²) in [4.78, 5) is 43.6. The second-order valence-corrected chi connectivity index (χ2v) is 8.78. The zero-order valence-corrected chi connectivity index (χ0v) is 18.6. The summed E-state index contributed by atoms with van der Waals surface area (Å²) in [5.74, 6) is -2.73. The van der Waals surface area contributed by atoms with Crippen molar-refractivity contribution >= 4 is 24.0 Å². The molecule has 0 aliphatic heterocycles. The van der Waals surface area contributed by atoms with E-state index in [0.29, 0.717) is 0 Å². The van der Waals surface area contributed by atoms with E-state index in [-0.39, 0.29) is 18.8 Å². The van der Waals surface area contributed by atoms with E-state index in [4.69, 9.17) is 25.4 Å². The number of ether oxygens (including phenoxy) is 2. The Labute approximate surface area is 172 Å². The monoisotopic (exact) mass is 420 g/mol. The molecule has 0 heterocycles. The van der Waals surface area contributed by atoms with Crippen LogP contribution in [0.3, 0.4) is 0 Å². The minimum Gasteiger partial charge on any atom is -0.481 e. The van der Waals surface area contributed by atoms with Gasteiger partial charge in [0.2, 0.25) is 0 Å². The van der Waals surface area contributed by atoms with E-state index in [9.17, 15) is 19.2 Å². The second-order valence-electron chi connectivity index (χ2n) is 8.78. The molecule has 1 amide bonds. The molecule has 2 atom stereocenters. The Bertz CT molecular complexity index is 562. The first-order chi connectivity index (χ1) is 12.9. The van der Waals surface area contributed by atoms with Gasteiger partial charge in [-0.15, -0.1) is 0 Å². The van der Waals surface area contributed by atoms with Crippen LogP contribution < -0.4 is 11.1 Å². The Hall–Kier alpha value is -2.36. The smallest absolute Gasteiger partial charge is 0.408 e. The third kappa shape index (κ3) is 17.5. The molecule has 0 aliphatic carbocycles. The minimum absolute atomic E-state index is 0.0231. The average molecular weight is 421 g/mol. The Balaban J connectivity index is 0. The number of rotatable bonds is 7. The minimum atomic E-state index is -1.17. The first-order valence-electron chi connectivity index (χ1n) is 9.28. The number of aliphatic carboxylic acids is 2. The lowest BCUT2D eigenvalue weighted by atomic mass is 10.0. The summed E-state index contributed by atoms with van der Waals surface area (Å²) in [6.45, 7) is 14.3. The van der Waals surface area contributed by atoms with Gasteiger partial charge in [0.15, 0.2) is 0 Å². The SMILES string of the molecule is CC(C)[C@@H](NC(=O)OC(C)(C)C)C(=O)OC(C)(C)C.N[C@@H](CCC(=O)O)C(=O)O. The number of nitrogens with one attached hydrogen (secondary N) is 1. The van der Waals surface area contributed by atoms with Crippen molar-refractivity contribution in [2.75, 3.05) is 0 Å². The third-order valence-electron chi connectivity index (χ3n) is 2.99. The number of hydrogen-bond donors (Lipinski definition) is 4. The molecule has 10 heteroatoms. The molecule has 0 aromatic rings. The summed E-state index contributed by atoms with van der Waals surface area (Å²) < 4.78 is 10.4. The van der Waals surface area contributed by atoms with Crippen LogP contribution in [-0.4, -0.2) is 57.5 Å². The standard InChI is InChI=1S/C14H27NO4.C5H9NO4/c1-9(2)10(11(16)18-13(3,4)5)15-12(17)19-14(6,7)8;6-3(5(9)10)1-2-4(7)8/h9-10H,1-8H3,(H,15,17);3H,1-2,6H2,(H,7,8)(H,9,10)/t10-;3-/m10/s1. The first-order valence-corrected chi connectivity index (χ1v) is 9.28. The van der Waals surface area contributed by atoms with Crippen LogP contribution in [0.5, 0.6) is 0 Å². The molecule has 0 fully saturated rings. The maximum Gasteiger partial charge on any atom is 0.408 e. The molecule has 0 spiro atoms. The molecule has 0 radical (unpaired) electrons. The van der Waals surface area contributed by atoms with Crippen LogP contribution in [-0.2, 0) is 23.9 Å². The van der Waals surface area contributed by atoms with Crippen LogP contribution in [0.15, 0.2) is 0 Å². The van der Waals surface area contributed by atoms with Crippen molar-refractivity contribution in [1.82, 2.24) is 5.32 Å². The number of carbonyl (C=O) groups excluding carboxylic acids is 2. The van der Waals surface area contributed by atoms with Gasteiger partial charge in [0.1, 0.15) is 23.3 Å². The van der Waals surface area contributed by atoms with Gasteiger partial charge in [0.25, 0.3) is 0 Å². The fourth-order valence-corrected chi connectivity index (χ4v) is 1.70. The molecule has 0 aromatic heterocycles. The summed E-state index contributed by atoms with van der Waals surface area (Å²) in [5, 5.41) is 18.8. The van der Waals surface area contributed by atoms with Crippen molar-refractivity contribution < 1.29 is 38.9 Å². The average Bonchev–Trinajstić information content (AvgIpc) is 2.46. The van der Waals surface area contributed by atoms with E-state index in [1.807, 2.05) is 13.8 Å². The van der Waals surface area contributed by atoms with Gasteiger partial charge in [-0.1, -0.05) is 13.8 Å². The number of carboxylic acid groups (broad SMARTS) is 2. The maximum atomic E-state index is 12.0. The molecule has 0 unspecified atom stereocenters. The molecule has 170 valence electrons. The van der Waals surface area contributed by atoms with Crippen LogP contribution >= 0.6 is 0 Å². The Morgan fingerprint density at radius 3 is 1.69 bits per heavy atom. The number of hydrogen-bond acceptors (Lipinski definition) is 7. The fraction of sp³-hybridized carbons (Fsp3) is 0.789. The summed E-state index contributed by atoms with van der Waals surface area (Å²) in [6.07, 6.45) is -0.838. The van der Waals surface area contributed by atoms with E-state index in [2.05, 4.69) is 5.32 Å². The lowest BCUT2D eigenvalue weighted by Crippen LogP contribution is -2.48. The van der Waals surface area contributed by atoms with Crippen molar-refractivity contribution in [3.05, 3.63) is 0 Å². The maximum absolute atomic E-state index is 12.0. The number of nitrogens with two attached hydrogens (primary N) is 1. The zero-order valence-electron chi connectivity index (χ0n) is 18.6. The highest BCUT2D eigenvalue weighted by Crippen LogP contribution is 2.13. The van der Waals surface area contributed by atoms with E-state index in [0.717, 1.165) is 0 Å². The van der Waals surface area contributed by atoms with Gasteiger partial charge in [0.05, 0.1) is 0 Å². The predicted molar refractivity (Wildman–Crippen MR) is 106 cm³/mol. The van der Waals surface area contributed by atoms with Crippen molar-refractivity contribution in [2.45, 2.75) is 91.5 Å². The lowest BCUT2D eigenvalue weighted by molar-refractivity contribution is -0.158. The van der Waals surface area contributed by atoms with Crippen LogP contribution in [0.1, 0.15) is 68.2 Å². The summed E-state index contributed by atoms with van der Waals surface area (Å²) >= 11 is 0. The van der Waals surface area contributed by atoms with E-state index in [1.54, 1.807) is 41.5 Å². The molecule has 0 saturated heterocycles. The van der Waals surface area contributed by atoms with E-state index in [1.165, 1.54) is 0 Å². The van der Waals surface area contributed by atoms with Crippen molar-refractivity contribution in [2.24, 2.45) is 11.7 Å². The molecule has 10 nitrogen and oxygen atoms in total. The molecule has 0 aromatic carbocycles. The third-order valence-corrected chi connectivity index (χ3v) is 2.99. The molecule has 29 heavy (non-hydrogen) atoms. The van der Waals surface area contributed by atoms with Crippen molar-refractivity contribution in [1.29, 1.82) is 0 Å². The van der Waals surface area contributed by atoms with Gasteiger partial charge < -0.3 is 30.7 Å². The molecule has 5 N–H and O–H groups in total. The quantitative estimate of drug-likeness (QED) is 0.451. The molecule has 0 aliphatic rings. The van der Waals surface area contributed by atoms with Gasteiger partial charge in [-0.25, -0.2) is 9.59 Å². The molecule has 0 bridgehead atoms. The Kier molecular flexibility index (Phi) is 12.2. The fourth-order valence-electron chi connectivity index (χ4n) is 1.70. The number of esters is 1.